The fourth-order valence-corrected chi connectivity index (χ4v) is 10.2. The average Bonchev–Trinajstić information content (AvgIpc) is 3.70. The normalized spacial score (nSPS) is 19.1. The van der Waals surface area contributed by atoms with Crippen LogP contribution in [0.5, 0.6) is 17.2 Å². The maximum absolute atomic E-state index is 9.90. The van der Waals surface area contributed by atoms with Crippen LogP contribution in [0, 0.1) is 0 Å². The van der Waals surface area contributed by atoms with Gasteiger partial charge in [-0.25, -0.2) is 0 Å². The first-order chi connectivity index (χ1) is 25.6. The number of aliphatic hydroxyl groups is 1. The summed E-state index contributed by atoms with van der Waals surface area (Å²) in [7, 11) is 0.518. The lowest BCUT2D eigenvalue weighted by Gasteiger charge is -2.25. The fourth-order valence-electron chi connectivity index (χ4n) is 5.54. The SMILES string of the molecule is CCCCC(C)(N=[N+]=[N-])Oc1ccc(/C=N/N(C)[P+](=S)[C@@](C)(CC)Oc2ccc(/C=N/N(C)[P+]3=C(C)C3(C)Oc3ccc(C(O)P(O)O)cc3)cc2)cc1. The summed E-state index contributed by atoms with van der Waals surface area (Å²) < 4.78 is 22.6. The van der Waals surface area contributed by atoms with Gasteiger partial charge >= 0.3 is 12.2 Å². The minimum Gasteiger partial charge on any atom is -0.481 e. The molecule has 0 bridgehead atoms. The molecule has 3 N–H and O–H groups in total. The Morgan fingerprint density at radius 1 is 0.944 bits per heavy atom. The van der Waals surface area contributed by atoms with Gasteiger partial charge in [0.15, 0.2) is 17.5 Å². The maximum atomic E-state index is 9.90. The summed E-state index contributed by atoms with van der Waals surface area (Å²) in [5.74, 6) is 0.623. The average molecular weight is 814 g/mol. The van der Waals surface area contributed by atoms with E-state index >= 15 is 0 Å². The summed E-state index contributed by atoms with van der Waals surface area (Å²) in [4.78, 5) is 21.6. The van der Waals surface area contributed by atoms with Crippen molar-refractivity contribution >= 4 is 52.4 Å². The molecule has 17 heteroatoms. The van der Waals surface area contributed by atoms with E-state index < -0.39 is 45.2 Å². The molecule has 0 saturated heterocycles. The number of unbranched alkanes of at least 4 members (excludes halogenated alkanes) is 1. The molecular weight excluding hydrogens is 763 g/mol. The molecule has 0 aromatic heterocycles. The van der Waals surface area contributed by atoms with E-state index in [1.54, 1.807) is 42.2 Å². The summed E-state index contributed by atoms with van der Waals surface area (Å²) in [6, 6.07) is 21.9. The van der Waals surface area contributed by atoms with Gasteiger partial charge in [0.25, 0.3) is 13.0 Å². The van der Waals surface area contributed by atoms with Gasteiger partial charge in [0.05, 0.1) is 26.5 Å². The van der Waals surface area contributed by atoms with Crippen LogP contribution in [0.1, 0.15) is 89.8 Å². The quantitative estimate of drug-likeness (QED) is 0.0251. The van der Waals surface area contributed by atoms with Crippen molar-refractivity contribution in [2.75, 3.05) is 14.1 Å². The standard InChI is InChI=1S/C37H50N7O6P3S/c1-9-11-24-35(4,41-42-38)48-31-18-12-29(13-19-31)26-40-44(8)53(54)36(5,10-2)49-32-20-14-28(15-21-32)25-39-43(7)51-27(3)37(51,6)50-33-22-16-30(17-23-33)34(45)52(46)47/h12-23,25-26,34,45-47H,9-11,24H2,1-8H3/q+2/b39-25+,40-26+/t34?,35?,36-,37?/m0/s1. The van der Waals surface area contributed by atoms with Gasteiger partial charge in [-0.1, -0.05) is 32.4 Å². The van der Waals surface area contributed by atoms with Gasteiger partial charge in [-0.05, 0) is 108 Å². The lowest BCUT2D eigenvalue weighted by molar-refractivity contribution is 0.0840. The van der Waals surface area contributed by atoms with Crippen molar-refractivity contribution in [3.8, 4) is 17.2 Å². The lowest BCUT2D eigenvalue weighted by atomic mass is 10.1. The lowest BCUT2D eigenvalue weighted by Crippen LogP contribution is -2.30. The Kier molecular flexibility index (Phi) is 15.0. The Morgan fingerprint density at radius 3 is 2.00 bits per heavy atom. The maximum Gasteiger partial charge on any atom is 0.358 e. The second-order valence-electron chi connectivity index (χ2n) is 13.3. The summed E-state index contributed by atoms with van der Waals surface area (Å²) in [5.41, 5.74) is 10.3. The van der Waals surface area contributed by atoms with Crippen LogP contribution in [0.3, 0.4) is 0 Å². The van der Waals surface area contributed by atoms with Gasteiger partial charge in [0.2, 0.25) is 13.7 Å². The smallest absolute Gasteiger partial charge is 0.358 e. The summed E-state index contributed by atoms with van der Waals surface area (Å²) in [6.45, 7) is 10.8. The fraction of sp³-hybridized carbons (Fsp3) is 0.432. The number of rotatable bonds is 20. The van der Waals surface area contributed by atoms with Crippen LogP contribution in [0.25, 0.3) is 10.4 Å². The third kappa shape index (κ3) is 11.0. The van der Waals surface area contributed by atoms with E-state index in [4.69, 9.17) is 36.6 Å². The molecule has 3 aromatic carbocycles. The third-order valence-electron chi connectivity index (χ3n) is 9.10. The van der Waals surface area contributed by atoms with Crippen LogP contribution < -0.4 is 14.2 Å². The van der Waals surface area contributed by atoms with Crippen LogP contribution in [0.4, 0.5) is 0 Å². The van der Waals surface area contributed by atoms with E-state index in [-0.39, 0.29) is 0 Å². The van der Waals surface area contributed by atoms with Crippen LogP contribution in [-0.4, -0.2) is 72.7 Å². The zero-order valence-electron chi connectivity index (χ0n) is 31.9. The van der Waals surface area contributed by atoms with Crippen molar-refractivity contribution < 1.29 is 29.1 Å². The van der Waals surface area contributed by atoms with Crippen molar-refractivity contribution in [1.82, 2.24) is 9.56 Å². The number of hydrogen-bond donors (Lipinski definition) is 3. The molecule has 1 heterocycles. The minimum atomic E-state index is -2.47. The Morgan fingerprint density at radius 2 is 1.48 bits per heavy atom. The molecule has 54 heavy (non-hydrogen) atoms. The highest BCUT2D eigenvalue weighted by molar-refractivity contribution is 8.04. The van der Waals surface area contributed by atoms with Crippen molar-refractivity contribution in [2.24, 2.45) is 15.3 Å². The molecule has 288 valence electrons. The second-order valence-corrected chi connectivity index (χ2v) is 20.3. The van der Waals surface area contributed by atoms with Gasteiger partial charge in [-0.2, -0.15) is 0 Å². The minimum absolute atomic E-state index is 0.420. The summed E-state index contributed by atoms with van der Waals surface area (Å²) in [5, 5.41) is 23.2. The molecule has 0 spiro atoms. The molecule has 1 aliphatic rings. The highest BCUT2D eigenvalue weighted by atomic mass is 32.4. The number of aliphatic hydroxyl groups excluding tert-OH is 1. The van der Waals surface area contributed by atoms with Gasteiger partial charge in [0, 0.05) is 32.1 Å². The molecule has 0 saturated carbocycles. The van der Waals surface area contributed by atoms with Crippen LogP contribution in [0.2, 0.25) is 0 Å². The van der Waals surface area contributed by atoms with E-state index in [1.165, 1.54) is 5.29 Å². The third-order valence-corrected chi connectivity index (χ3v) is 16.3. The number of ether oxygens (including phenoxy) is 3. The molecule has 3 aromatic rings. The molecule has 1 aliphatic heterocycles. The van der Waals surface area contributed by atoms with Crippen molar-refractivity contribution in [1.29, 1.82) is 0 Å². The van der Waals surface area contributed by atoms with Gasteiger partial charge in [0.1, 0.15) is 23.1 Å². The van der Waals surface area contributed by atoms with Crippen molar-refractivity contribution in [2.45, 2.75) is 89.5 Å². The molecule has 5 unspecified atom stereocenters. The Balaban J connectivity index is 1.32. The number of hydrazone groups is 2. The van der Waals surface area contributed by atoms with Gasteiger partial charge < -0.3 is 29.1 Å². The van der Waals surface area contributed by atoms with Crippen molar-refractivity contribution in [3.05, 3.63) is 99.9 Å². The van der Waals surface area contributed by atoms with Gasteiger partial charge in [-0.3, -0.25) is 0 Å². The first kappa shape index (κ1) is 43.0. The molecule has 0 radical (unpaired) electrons. The molecule has 13 nitrogen and oxygen atoms in total. The van der Waals surface area contributed by atoms with Crippen LogP contribution in [0.15, 0.2) is 88.1 Å². The largest absolute Gasteiger partial charge is 0.481 e. The molecule has 6 atom stereocenters. The zero-order chi connectivity index (χ0) is 39.7. The summed E-state index contributed by atoms with van der Waals surface area (Å²) >= 11 is 6.00. The highest BCUT2D eigenvalue weighted by Crippen LogP contribution is 2.61. The van der Waals surface area contributed by atoms with E-state index in [2.05, 4.69) is 35.9 Å². The number of azide groups is 1. The molecule has 0 aliphatic carbocycles. The van der Waals surface area contributed by atoms with E-state index in [0.29, 0.717) is 35.7 Å². The van der Waals surface area contributed by atoms with Crippen LogP contribution in [-0.2, 0) is 11.8 Å². The second kappa shape index (κ2) is 18.8. The monoisotopic (exact) mass is 813 g/mol. The number of benzene rings is 3. The topological polar surface area (TPSA) is 168 Å². The number of nitrogens with zero attached hydrogens (tertiary/aromatic N) is 7. The first-order valence-electron chi connectivity index (χ1n) is 17.5. The Hall–Kier alpha value is -3.69. The van der Waals surface area contributed by atoms with E-state index in [0.717, 1.165) is 24.0 Å². The Labute approximate surface area is 326 Å². The predicted molar refractivity (Wildman–Crippen MR) is 224 cm³/mol. The highest BCUT2D eigenvalue weighted by Gasteiger charge is 2.68. The molecular formula is C37H50N7O6P3S+2. The molecule has 0 amide bonds. The predicted octanol–water partition coefficient (Wildman–Crippen LogP) is 9.56. The van der Waals surface area contributed by atoms with Gasteiger partial charge in [-0.15, -0.1) is 19.8 Å². The number of hydrogen-bond acceptors (Lipinski definition) is 11. The molecule has 0 fully saturated rings. The van der Waals surface area contributed by atoms with E-state index in [1.807, 2.05) is 87.5 Å². The zero-order valence-corrected chi connectivity index (χ0v) is 35.4. The van der Waals surface area contributed by atoms with E-state index in [9.17, 15) is 14.9 Å². The van der Waals surface area contributed by atoms with Crippen LogP contribution >= 0.6 is 22.9 Å². The van der Waals surface area contributed by atoms with Crippen molar-refractivity contribution in [3.63, 3.8) is 0 Å². The Bertz CT molecular complexity index is 1900. The molecule has 4 rings (SSSR count). The first-order valence-corrected chi connectivity index (χ1v) is 22.4. The summed E-state index contributed by atoms with van der Waals surface area (Å²) in [6.07, 6.45) is 6.74.